The second kappa shape index (κ2) is 3.18. The van der Waals surface area contributed by atoms with Crippen LogP contribution in [0.25, 0.3) is 0 Å². The maximum absolute atomic E-state index is 10.5. The van der Waals surface area contributed by atoms with E-state index in [1.807, 2.05) is 12.1 Å². The van der Waals surface area contributed by atoms with Crippen molar-refractivity contribution in [1.82, 2.24) is 0 Å². The van der Waals surface area contributed by atoms with Gasteiger partial charge in [-0.1, -0.05) is 12.1 Å². The maximum Gasteiger partial charge on any atom is 0.335 e. The zero-order valence-corrected chi connectivity index (χ0v) is 7.06. The number of benzene rings is 1. The van der Waals surface area contributed by atoms with Gasteiger partial charge in [-0.15, -0.1) is 0 Å². The minimum Gasteiger partial charge on any atom is -0.478 e. The lowest BCUT2D eigenvalue weighted by molar-refractivity contribution is 0.00842. The smallest absolute Gasteiger partial charge is 0.335 e. The predicted molar refractivity (Wildman–Crippen MR) is 47.0 cm³/mol. The molecular formula is C10H10O3. The number of hydrogen-bond acceptors (Lipinski definition) is 2. The van der Waals surface area contributed by atoms with Gasteiger partial charge in [0.25, 0.3) is 0 Å². The zero-order chi connectivity index (χ0) is 9.26. The molecule has 0 unspecified atom stereocenters. The van der Waals surface area contributed by atoms with Gasteiger partial charge in [-0.05, 0) is 17.7 Å². The summed E-state index contributed by atoms with van der Waals surface area (Å²) in [5.41, 5.74) is 1.50. The number of rotatable bonds is 2. The summed E-state index contributed by atoms with van der Waals surface area (Å²) in [6.45, 7) is 1.51. The number of carboxylic acid groups (broad SMARTS) is 1. The summed E-state index contributed by atoms with van der Waals surface area (Å²) in [6, 6.07) is 6.99. The average Bonchev–Trinajstić information content (AvgIpc) is 2.02. The monoisotopic (exact) mass is 178 g/mol. The van der Waals surface area contributed by atoms with E-state index in [2.05, 4.69) is 0 Å². The number of aromatic carboxylic acids is 1. The molecule has 0 bridgehead atoms. The molecule has 0 atom stereocenters. The first kappa shape index (κ1) is 8.26. The Hall–Kier alpha value is -1.35. The van der Waals surface area contributed by atoms with Crippen LogP contribution in [0.1, 0.15) is 21.8 Å². The highest BCUT2D eigenvalue weighted by atomic mass is 16.5. The van der Waals surface area contributed by atoms with Crippen molar-refractivity contribution in [3.05, 3.63) is 35.4 Å². The molecule has 0 amide bonds. The van der Waals surface area contributed by atoms with Crippen LogP contribution in [0, 0.1) is 0 Å². The lowest BCUT2D eigenvalue weighted by Gasteiger charge is -2.26. The molecule has 1 aromatic rings. The third kappa shape index (κ3) is 1.55. The molecule has 1 aliphatic heterocycles. The first-order valence-electron chi connectivity index (χ1n) is 4.18. The van der Waals surface area contributed by atoms with Gasteiger partial charge in [-0.25, -0.2) is 4.79 Å². The molecule has 1 aliphatic rings. The number of ether oxygens (including phenoxy) is 1. The molecular weight excluding hydrogens is 168 g/mol. The van der Waals surface area contributed by atoms with E-state index in [0.717, 1.165) is 18.8 Å². The molecule has 0 radical (unpaired) electrons. The first-order chi connectivity index (χ1) is 6.27. The average molecular weight is 178 g/mol. The van der Waals surface area contributed by atoms with E-state index < -0.39 is 5.97 Å². The van der Waals surface area contributed by atoms with Gasteiger partial charge in [-0.2, -0.15) is 0 Å². The van der Waals surface area contributed by atoms with E-state index in [-0.39, 0.29) is 0 Å². The minimum absolute atomic E-state index is 0.337. The van der Waals surface area contributed by atoms with Gasteiger partial charge in [0.1, 0.15) is 0 Å². The van der Waals surface area contributed by atoms with Crippen LogP contribution in [0.5, 0.6) is 0 Å². The molecule has 1 aromatic carbocycles. The Kier molecular flexibility index (Phi) is 2.02. The third-order valence-electron chi connectivity index (χ3n) is 2.27. The highest BCUT2D eigenvalue weighted by Gasteiger charge is 2.20. The fourth-order valence-corrected chi connectivity index (χ4v) is 1.33. The minimum atomic E-state index is -0.878. The summed E-state index contributed by atoms with van der Waals surface area (Å²) in [5.74, 6) is -0.417. The van der Waals surface area contributed by atoms with Crippen molar-refractivity contribution in [2.45, 2.75) is 5.92 Å². The molecule has 68 valence electrons. The molecule has 0 saturated carbocycles. The Morgan fingerprint density at radius 1 is 1.31 bits per heavy atom. The van der Waals surface area contributed by atoms with Crippen LogP contribution in [0.3, 0.4) is 0 Å². The summed E-state index contributed by atoms with van der Waals surface area (Å²) in [7, 11) is 0. The Morgan fingerprint density at radius 3 is 2.31 bits per heavy atom. The quantitative estimate of drug-likeness (QED) is 0.746. The summed E-state index contributed by atoms with van der Waals surface area (Å²) >= 11 is 0. The van der Waals surface area contributed by atoms with Gasteiger partial charge in [0.2, 0.25) is 0 Å². The lowest BCUT2D eigenvalue weighted by atomic mass is 9.97. The third-order valence-corrected chi connectivity index (χ3v) is 2.27. The van der Waals surface area contributed by atoms with E-state index >= 15 is 0 Å². The first-order valence-corrected chi connectivity index (χ1v) is 4.18. The highest BCUT2D eigenvalue weighted by Crippen LogP contribution is 2.23. The predicted octanol–water partition coefficient (Wildman–Crippen LogP) is 1.50. The Bertz CT molecular complexity index is 311. The van der Waals surface area contributed by atoms with Crippen molar-refractivity contribution in [1.29, 1.82) is 0 Å². The van der Waals surface area contributed by atoms with E-state index in [4.69, 9.17) is 9.84 Å². The summed E-state index contributed by atoms with van der Waals surface area (Å²) in [4.78, 5) is 10.5. The molecule has 13 heavy (non-hydrogen) atoms. The molecule has 1 fully saturated rings. The van der Waals surface area contributed by atoms with Gasteiger partial charge in [0, 0.05) is 5.92 Å². The van der Waals surface area contributed by atoms with Crippen LogP contribution >= 0.6 is 0 Å². The fraction of sp³-hybridized carbons (Fsp3) is 0.300. The standard InChI is InChI=1S/C10H10O3/c11-10(12)8-3-1-7(2-4-8)9-5-13-6-9/h1-4,9H,5-6H2,(H,11,12). The summed E-state index contributed by atoms with van der Waals surface area (Å²) < 4.78 is 5.05. The number of carboxylic acids is 1. The van der Waals surface area contributed by atoms with Crippen LogP contribution in [0.4, 0.5) is 0 Å². The second-order valence-electron chi connectivity index (χ2n) is 3.16. The van der Waals surface area contributed by atoms with E-state index in [9.17, 15) is 4.79 Å². The molecule has 0 aliphatic carbocycles. The molecule has 1 saturated heterocycles. The fourth-order valence-electron chi connectivity index (χ4n) is 1.33. The van der Waals surface area contributed by atoms with Gasteiger partial charge in [-0.3, -0.25) is 0 Å². The zero-order valence-electron chi connectivity index (χ0n) is 7.06. The van der Waals surface area contributed by atoms with Crippen molar-refractivity contribution < 1.29 is 14.6 Å². The summed E-state index contributed by atoms with van der Waals surface area (Å²) in [6.07, 6.45) is 0. The van der Waals surface area contributed by atoms with Crippen molar-refractivity contribution in [3.63, 3.8) is 0 Å². The molecule has 2 rings (SSSR count). The summed E-state index contributed by atoms with van der Waals surface area (Å²) in [5, 5.41) is 8.66. The van der Waals surface area contributed by atoms with Gasteiger partial charge >= 0.3 is 5.97 Å². The number of carbonyl (C=O) groups is 1. The van der Waals surface area contributed by atoms with Crippen LogP contribution in [0.15, 0.2) is 24.3 Å². The van der Waals surface area contributed by atoms with E-state index in [0.29, 0.717) is 11.5 Å². The molecule has 3 heteroatoms. The normalized spacial score (nSPS) is 16.6. The Balaban J connectivity index is 2.17. The van der Waals surface area contributed by atoms with Crippen LogP contribution in [0.2, 0.25) is 0 Å². The van der Waals surface area contributed by atoms with Crippen molar-refractivity contribution in [3.8, 4) is 0 Å². The molecule has 1 N–H and O–H groups in total. The topological polar surface area (TPSA) is 46.5 Å². The molecule has 0 aromatic heterocycles. The molecule has 0 spiro atoms. The van der Waals surface area contributed by atoms with Gasteiger partial charge in [0.05, 0.1) is 18.8 Å². The van der Waals surface area contributed by atoms with Crippen LogP contribution in [-0.2, 0) is 4.74 Å². The van der Waals surface area contributed by atoms with E-state index in [1.165, 1.54) is 0 Å². The van der Waals surface area contributed by atoms with E-state index in [1.54, 1.807) is 12.1 Å². The Labute approximate surface area is 76.0 Å². The second-order valence-corrected chi connectivity index (χ2v) is 3.16. The maximum atomic E-state index is 10.5. The van der Waals surface area contributed by atoms with Crippen LogP contribution < -0.4 is 0 Å². The molecule has 3 nitrogen and oxygen atoms in total. The highest BCUT2D eigenvalue weighted by molar-refractivity contribution is 5.87. The Morgan fingerprint density at radius 2 is 1.92 bits per heavy atom. The molecule has 1 heterocycles. The number of hydrogen-bond donors (Lipinski definition) is 1. The van der Waals surface area contributed by atoms with Crippen molar-refractivity contribution in [2.75, 3.05) is 13.2 Å². The van der Waals surface area contributed by atoms with Crippen molar-refractivity contribution in [2.24, 2.45) is 0 Å². The lowest BCUT2D eigenvalue weighted by Crippen LogP contribution is -2.24. The van der Waals surface area contributed by atoms with Crippen molar-refractivity contribution >= 4 is 5.97 Å². The van der Waals surface area contributed by atoms with Crippen LogP contribution in [-0.4, -0.2) is 24.3 Å². The SMILES string of the molecule is O=C(O)c1ccc(C2COC2)cc1. The largest absolute Gasteiger partial charge is 0.478 e. The van der Waals surface area contributed by atoms with Gasteiger partial charge < -0.3 is 9.84 Å². The van der Waals surface area contributed by atoms with Gasteiger partial charge in [0.15, 0.2) is 0 Å².